The van der Waals surface area contributed by atoms with Crippen LogP contribution < -0.4 is 5.32 Å². The molecule has 1 rings (SSSR count). The zero-order valence-corrected chi connectivity index (χ0v) is 14.2. The van der Waals surface area contributed by atoms with Gasteiger partial charge in [-0.3, -0.25) is 14.9 Å². The first-order valence-corrected chi connectivity index (χ1v) is 8.38. The van der Waals surface area contributed by atoms with Crippen LogP contribution in [0.3, 0.4) is 0 Å². The lowest BCUT2D eigenvalue weighted by Gasteiger charge is -2.06. The van der Waals surface area contributed by atoms with Gasteiger partial charge in [0.15, 0.2) is 6.61 Å². The van der Waals surface area contributed by atoms with Crippen LogP contribution >= 0.6 is 23.4 Å². The molecule has 6 nitrogen and oxygen atoms in total. The molecule has 1 aromatic rings. The number of halogens is 1. The first-order valence-electron chi connectivity index (χ1n) is 7.02. The summed E-state index contributed by atoms with van der Waals surface area (Å²) < 4.78 is 9.29. The van der Waals surface area contributed by atoms with Crippen LogP contribution in [0, 0.1) is 0 Å². The van der Waals surface area contributed by atoms with Crippen LogP contribution in [0.1, 0.15) is 19.8 Å². The van der Waals surface area contributed by atoms with Gasteiger partial charge in [-0.15, -0.1) is 11.8 Å². The third-order valence-electron chi connectivity index (χ3n) is 2.49. The molecule has 0 aliphatic rings. The Labute approximate surface area is 143 Å². The number of carbonyl (C=O) groups is 3. The van der Waals surface area contributed by atoms with E-state index in [1.807, 2.05) is 17.4 Å². The number of benzene rings is 1. The molecule has 23 heavy (non-hydrogen) atoms. The fourth-order valence-electron chi connectivity index (χ4n) is 1.47. The molecule has 0 spiro atoms. The van der Waals surface area contributed by atoms with E-state index in [2.05, 4.69) is 4.74 Å². The summed E-state index contributed by atoms with van der Waals surface area (Å²) in [6, 6.07) is 7.43. The van der Waals surface area contributed by atoms with Crippen LogP contribution in [0.4, 0.5) is 4.79 Å². The normalized spacial score (nSPS) is 10.0. The second kappa shape index (κ2) is 10.9. The molecular formula is C15H18ClNO5S. The quantitative estimate of drug-likeness (QED) is 0.436. The molecule has 0 saturated heterocycles. The number of nitrogens with one attached hydrogen (secondary N) is 1. The van der Waals surface area contributed by atoms with E-state index in [1.165, 1.54) is 0 Å². The molecule has 0 atom stereocenters. The Morgan fingerprint density at radius 3 is 2.52 bits per heavy atom. The van der Waals surface area contributed by atoms with Gasteiger partial charge >= 0.3 is 12.1 Å². The number of alkyl carbamates (subject to hydrolysis) is 1. The van der Waals surface area contributed by atoms with Crippen molar-refractivity contribution in [2.24, 2.45) is 0 Å². The molecule has 1 aromatic carbocycles. The summed E-state index contributed by atoms with van der Waals surface area (Å²) in [6.45, 7) is 1.28. The maximum absolute atomic E-state index is 11.5. The molecule has 2 amide bonds. The van der Waals surface area contributed by atoms with E-state index in [9.17, 15) is 14.4 Å². The third-order valence-corrected chi connectivity index (χ3v) is 3.84. The van der Waals surface area contributed by atoms with E-state index in [1.54, 1.807) is 30.8 Å². The standard InChI is InChI=1S/C15H18ClNO5S/c1-2-21-15(20)17-13(18)10-22-14(19)4-3-9-23-12-7-5-11(16)6-8-12/h5-8H,2-4,9-10H2,1H3,(H,17,18,20). The van der Waals surface area contributed by atoms with Crippen LogP contribution in [0.25, 0.3) is 0 Å². The number of hydrogen-bond donors (Lipinski definition) is 1. The van der Waals surface area contributed by atoms with E-state index in [0.29, 0.717) is 11.4 Å². The predicted octanol–water partition coefficient (Wildman–Crippen LogP) is 3.03. The van der Waals surface area contributed by atoms with Crippen molar-refractivity contribution in [3.8, 4) is 0 Å². The first kappa shape index (κ1) is 19.3. The Kier molecular flexibility index (Phi) is 9.16. The fraction of sp³-hybridized carbons (Fsp3) is 0.400. The molecule has 0 aliphatic carbocycles. The van der Waals surface area contributed by atoms with Crippen LogP contribution in [0.5, 0.6) is 0 Å². The number of imide groups is 1. The van der Waals surface area contributed by atoms with Crippen molar-refractivity contribution in [3.05, 3.63) is 29.3 Å². The molecule has 126 valence electrons. The molecular weight excluding hydrogens is 342 g/mol. The minimum absolute atomic E-state index is 0.157. The van der Waals surface area contributed by atoms with E-state index < -0.39 is 24.6 Å². The van der Waals surface area contributed by atoms with Gasteiger partial charge in [0.25, 0.3) is 5.91 Å². The lowest BCUT2D eigenvalue weighted by Crippen LogP contribution is -2.34. The van der Waals surface area contributed by atoms with Gasteiger partial charge in [-0.05, 0) is 43.4 Å². The zero-order valence-electron chi connectivity index (χ0n) is 12.7. The van der Waals surface area contributed by atoms with E-state index >= 15 is 0 Å². The Morgan fingerprint density at radius 1 is 1.17 bits per heavy atom. The second-order valence-electron chi connectivity index (χ2n) is 4.34. The highest BCUT2D eigenvalue weighted by Crippen LogP contribution is 2.21. The zero-order chi connectivity index (χ0) is 17.1. The maximum atomic E-state index is 11.5. The summed E-state index contributed by atoms with van der Waals surface area (Å²) >= 11 is 7.39. The molecule has 0 aromatic heterocycles. The smallest absolute Gasteiger partial charge is 0.413 e. The van der Waals surface area contributed by atoms with Crippen molar-refractivity contribution in [1.82, 2.24) is 5.32 Å². The van der Waals surface area contributed by atoms with Crippen molar-refractivity contribution >= 4 is 41.3 Å². The van der Waals surface area contributed by atoms with Crippen molar-refractivity contribution < 1.29 is 23.9 Å². The van der Waals surface area contributed by atoms with Crippen molar-refractivity contribution in [3.63, 3.8) is 0 Å². The minimum Gasteiger partial charge on any atom is -0.456 e. The summed E-state index contributed by atoms with van der Waals surface area (Å²) in [5.41, 5.74) is 0. The highest BCUT2D eigenvalue weighted by molar-refractivity contribution is 7.99. The van der Waals surface area contributed by atoms with Crippen LogP contribution in [0.2, 0.25) is 5.02 Å². The molecule has 0 radical (unpaired) electrons. The van der Waals surface area contributed by atoms with Crippen LogP contribution in [-0.4, -0.2) is 36.9 Å². The molecule has 1 N–H and O–H groups in total. The summed E-state index contributed by atoms with van der Waals surface area (Å²) in [6.07, 6.45) is -0.0354. The summed E-state index contributed by atoms with van der Waals surface area (Å²) in [5.74, 6) is -0.459. The van der Waals surface area contributed by atoms with E-state index in [-0.39, 0.29) is 13.0 Å². The predicted molar refractivity (Wildman–Crippen MR) is 87.5 cm³/mol. The topological polar surface area (TPSA) is 81.7 Å². The maximum Gasteiger partial charge on any atom is 0.413 e. The lowest BCUT2D eigenvalue weighted by molar-refractivity contribution is -0.148. The Morgan fingerprint density at radius 2 is 1.87 bits per heavy atom. The first-order chi connectivity index (χ1) is 11.0. The number of carbonyl (C=O) groups excluding carboxylic acids is 3. The molecule has 0 heterocycles. The average Bonchev–Trinajstić information content (AvgIpc) is 2.51. The number of hydrogen-bond acceptors (Lipinski definition) is 6. The van der Waals surface area contributed by atoms with Gasteiger partial charge in [-0.25, -0.2) is 4.79 Å². The van der Waals surface area contributed by atoms with Gasteiger partial charge in [0.2, 0.25) is 0 Å². The van der Waals surface area contributed by atoms with Crippen LogP contribution in [0.15, 0.2) is 29.2 Å². The number of ether oxygens (including phenoxy) is 2. The highest BCUT2D eigenvalue weighted by atomic mass is 35.5. The fourth-order valence-corrected chi connectivity index (χ4v) is 2.45. The van der Waals surface area contributed by atoms with Gasteiger partial charge in [0.05, 0.1) is 6.61 Å². The van der Waals surface area contributed by atoms with Gasteiger partial charge < -0.3 is 9.47 Å². The van der Waals surface area contributed by atoms with E-state index in [4.69, 9.17) is 16.3 Å². The van der Waals surface area contributed by atoms with Crippen LogP contribution in [-0.2, 0) is 19.1 Å². The Hall–Kier alpha value is -1.73. The Balaban J connectivity index is 2.11. The van der Waals surface area contributed by atoms with Crippen molar-refractivity contribution in [2.45, 2.75) is 24.7 Å². The van der Waals surface area contributed by atoms with E-state index in [0.717, 1.165) is 10.6 Å². The summed E-state index contributed by atoms with van der Waals surface area (Å²) in [7, 11) is 0. The summed E-state index contributed by atoms with van der Waals surface area (Å²) in [4.78, 5) is 34.8. The monoisotopic (exact) mass is 359 g/mol. The molecule has 0 fully saturated rings. The number of rotatable bonds is 8. The van der Waals surface area contributed by atoms with Gasteiger partial charge in [-0.2, -0.15) is 0 Å². The highest BCUT2D eigenvalue weighted by Gasteiger charge is 2.11. The SMILES string of the molecule is CCOC(=O)NC(=O)COC(=O)CCCSc1ccc(Cl)cc1. The van der Waals surface area contributed by atoms with Gasteiger partial charge in [0, 0.05) is 16.3 Å². The van der Waals surface area contributed by atoms with Gasteiger partial charge in [0.1, 0.15) is 0 Å². The summed E-state index contributed by atoms with van der Waals surface area (Å²) in [5, 5.41) is 2.62. The molecule has 0 aliphatic heterocycles. The second-order valence-corrected chi connectivity index (χ2v) is 5.94. The molecule has 8 heteroatoms. The average molecular weight is 360 g/mol. The van der Waals surface area contributed by atoms with Crippen molar-refractivity contribution in [2.75, 3.05) is 19.0 Å². The minimum atomic E-state index is -0.854. The number of amides is 2. The Bertz CT molecular complexity index is 535. The third kappa shape index (κ3) is 9.10. The van der Waals surface area contributed by atoms with Crippen molar-refractivity contribution in [1.29, 1.82) is 0 Å². The van der Waals surface area contributed by atoms with Gasteiger partial charge in [-0.1, -0.05) is 11.6 Å². The number of thioether (sulfide) groups is 1. The molecule has 0 bridgehead atoms. The lowest BCUT2D eigenvalue weighted by atomic mass is 10.3. The molecule has 0 saturated carbocycles. The largest absolute Gasteiger partial charge is 0.456 e. The molecule has 0 unspecified atom stereocenters. The number of esters is 1.